The Morgan fingerprint density at radius 2 is 2.05 bits per heavy atom. The van der Waals surface area contributed by atoms with Crippen molar-refractivity contribution in [2.45, 2.75) is 77.0 Å². The molecule has 0 aromatic carbocycles. The molecule has 116 valence electrons. The molecule has 2 aliphatic rings. The summed E-state index contributed by atoms with van der Waals surface area (Å²) >= 11 is 0. The molecule has 4 heteroatoms. The topological polar surface area (TPSA) is 52.6 Å². The Kier molecular flexibility index (Phi) is 4.45. The van der Waals surface area contributed by atoms with Crippen LogP contribution in [0.3, 0.4) is 0 Å². The molecular formula is C16H30N2O2. The Bertz CT molecular complexity index is 364. The van der Waals surface area contributed by atoms with Gasteiger partial charge in [0.05, 0.1) is 11.6 Å². The van der Waals surface area contributed by atoms with Gasteiger partial charge in [-0.1, -0.05) is 12.8 Å². The standard InChI is InChI=1S/C16H30N2O2/c1-12(14(19)17-15(2,3)4)18-10-9-16(20)8-6-5-7-13(16)11-18/h12-13,20H,5-11H2,1-4H3,(H,17,19). The lowest BCUT2D eigenvalue weighted by molar-refractivity contribution is -0.134. The van der Waals surface area contributed by atoms with Crippen LogP contribution in [-0.4, -0.2) is 46.2 Å². The summed E-state index contributed by atoms with van der Waals surface area (Å²) in [6.07, 6.45) is 5.20. The van der Waals surface area contributed by atoms with Crippen LogP contribution in [0.5, 0.6) is 0 Å². The van der Waals surface area contributed by atoms with Crippen LogP contribution in [0.2, 0.25) is 0 Å². The lowest BCUT2D eigenvalue weighted by Crippen LogP contribution is -2.58. The second-order valence-corrected chi connectivity index (χ2v) is 7.71. The third-order valence-corrected chi connectivity index (χ3v) is 4.88. The molecule has 2 rings (SSSR count). The van der Waals surface area contributed by atoms with Gasteiger partial charge in [-0.05, 0) is 47.0 Å². The first-order valence-electron chi connectivity index (χ1n) is 8.00. The lowest BCUT2D eigenvalue weighted by atomic mass is 9.71. The molecule has 1 aliphatic carbocycles. The first-order chi connectivity index (χ1) is 9.21. The van der Waals surface area contributed by atoms with Gasteiger partial charge in [-0.2, -0.15) is 0 Å². The van der Waals surface area contributed by atoms with Crippen LogP contribution in [0, 0.1) is 5.92 Å². The van der Waals surface area contributed by atoms with Crippen LogP contribution in [0.15, 0.2) is 0 Å². The van der Waals surface area contributed by atoms with E-state index in [9.17, 15) is 9.90 Å². The summed E-state index contributed by atoms with van der Waals surface area (Å²) in [7, 11) is 0. The molecule has 1 saturated heterocycles. The van der Waals surface area contributed by atoms with Crippen molar-refractivity contribution in [3.63, 3.8) is 0 Å². The maximum absolute atomic E-state index is 12.3. The van der Waals surface area contributed by atoms with Gasteiger partial charge in [0.25, 0.3) is 0 Å². The average molecular weight is 282 g/mol. The van der Waals surface area contributed by atoms with E-state index in [0.29, 0.717) is 5.92 Å². The van der Waals surface area contributed by atoms with E-state index >= 15 is 0 Å². The highest BCUT2D eigenvalue weighted by molar-refractivity contribution is 5.81. The van der Waals surface area contributed by atoms with Gasteiger partial charge in [-0.15, -0.1) is 0 Å². The number of nitrogens with one attached hydrogen (secondary N) is 1. The SMILES string of the molecule is CC(C(=O)NC(C)(C)C)N1CCC2(O)CCCCC2C1. The van der Waals surface area contributed by atoms with E-state index in [1.165, 1.54) is 6.42 Å². The molecule has 2 N–H and O–H groups in total. The number of aliphatic hydroxyl groups is 1. The molecule has 0 aromatic heterocycles. The van der Waals surface area contributed by atoms with Gasteiger partial charge in [0.15, 0.2) is 0 Å². The summed E-state index contributed by atoms with van der Waals surface area (Å²) in [5.41, 5.74) is -0.651. The monoisotopic (exact) mass is 282 g/mol. The largest absolute Gasteiger partial charge is 0.390 e. The van der Waals surface area contributed by atoms with Crippen molar-refractivity contribution in [3.05, 3.63) is 0 Å². The number of hydrogen-bond donors (Lipinski definition) is 2. The van der Waals surface area contributed by atoms with Gasteiger partial charge >= 0.3 is 0 Å². The molecule has 1 heterocycles. The molecular weight excluding hydrogens is 252 g/mol. The van der Waals surface area contributed by atoms with E-state index in [2.05, 4.69) is 10.2 Å². The highest BCUT2D eigenvalue weighted by Crippen LogP contribution is 2.40. The van der Waals surface area contributed by atoms with Crippen molar-refractivity contribution in [1.82, 2.24) is 10.2 Å². The first-order valence-corrected chi connectivity index (χ1v) is 8.00. The van der Waals surface area contributed by atoms with E-state index in [4.69, 9.17) is 0 Å². The predicted octanol–water partition coefficient (Wildman–Crippen LogP) is 1.92. The minimum atomic E-state index is -0.463. The number of fused-ring (bicyclic) bond motifs is 1. The summed E-state index contributed by atoms with van der Waals surface area (Å²) in [6.45, 7) is 9.68. The number of piperidine rings is 1. The maximum Gasteiger partial charge on any atom is 0.237 e. The minimum Gasteiger partial charge on any atom is -0.390 e. The van der Waals surface area contributed by atoms with Crippen molar-refractivity contribution < 1.29 is 9.90 Å². The highest BCUT2D eigenvalue weighted by Gasteiger charge is 2.44. The number of hydrogen-bond acceptors (Lipinski definition) is 3. The van der Waals surface area contributed by atoms with E-state index in [1.54, 1.807) is 0 Å². The minimum absolute atomic E-state index is 0.0961. The summed E-state index contributed by atoms with van der Waals surface area (Å²) < 4.78 is 0. The van der Waals surface area contributed by atoms with E-state index < -0.39 is 5.60 Å². The van der Waals surface area contributed by atoms with Gasteiger partial charge in [0, 0.05) is 24.5 Å². The van der Waals surface area contributed by atoms with Gasteiger partial charge in [-0.3, -0.25) is 9.69 Å². The lowest BCUT2D eigenvalue weighted by Gasteiger charge is -2.48. The number of nitrogens with zero attached hydrogens (tertiary/aromatic N) is 1. The number of rotatable bonds is 2. The van der Waals surface area contributed by atoms with Crippen molar-refractivity contribution in [2.75, 3.05) is 13.1 Å². The zero-order valence-corrected chi connectivity index (χ0v) is 13.4. The molecule has 1 saturated carbocycles. The third-order valence-electron chi connectivity index (χ3n) is 4.88. The first kappa shape index (κ1) is 15.8. The maximum atomic E-state index is 12.3. The smallest absolute Gasteiger partial charge is 0.237 e. The molecule has 20 heavy (non-hydrogen) atoms. The van der Waals surface area contributed by atoms with Crippen molar-refractivity contribution in [1.29, 1.82) is 0 Å². The predicted molar refractivity (Wildman–Crippen MR) is 80.5 cm³/mol. The second kappa shape index (κ2) is 5.64. The van der Waals surface area contributed by atoms with Crippen molar-refractivity contribution >= 4 is 5.91 Å². The molecule has 4 nitrogen and oxygen atoms in total. The second-order valence-electron chi connectivity index (χ2n) is 7.71. The number of amides is 1. The Morgan fingerprint density at radius 1 is 1.35 bits per heavy atom. The quantitative estimate of drug-likeness (QED) is 0.813. The molecule has 0 spiro atoms. The van der Waals surface area contributed by atoms with E-state index in [0.717, 1.165) is 38.8 Å². The van der Waals surface area contributed by atoms with Crippen LogP contribution < -0.4 is 5.32 Å². The zero-order valence-electron chi connectivity index (χ0n) is 13.4. The highest BCUT2D eigenvalue weighted by atomic mass is 16.3. The van der Waals surface area contributed by atoms with Crippen molar-refractivity contribution in [3.8, 4) is 0 Å². The number of likely N-dealkylation sites (tertiary alicyclic amines) is 1. The Labute approximate surface area is 122 Å². The summed E-state index contributed by atoms with van der Waals surface area (Å²) in [5, 5.41) is 13.7. The Morgan fingerprint density at radius 3 is 2.70 bits per heavy atom. The fourth-order valence-electron chi connectivity index (χ4n) is 3.59. The Balaban J connectivity index is 1.95. The number of carbonyl (C=O) groups excluding carboxylic acids is 1. The van der Waals surface area contributed by atoms with Crippen LogP contribution in [0.1, 0.15) is 59.8 Å². The summed E-state index contributed by atoms with van der Waals surface area (Å²) in [5.74, 6) is 0.439. The van der Waals surface area contributed by atoms with Gasteiger partial charge in [-0.25, -0.2) is 0 Å². The molecule has 0 bridgehead atoms. The molecule has 3 unspecified atom stereocenters. The summed E-state index contributed by atoms with van der Waals surface area (Å²) in [4.78, 5) is 14.5. The fraction of sp³-hybridized carbons (Fsp3) is 0.938. The average Bonchev–Trinajstić information content (AvgIpc) is 2.34. The van der Waals surface area contributed by atoms with Crippen LogP contribution in [0.4, 0.5) is 0 Å². The van der Waals surface area contributed by atoms with Crippen LogP contribution >= 0.6 is 0 Å². The molecule has 1 amide bonds. The van der Waals surface area contributed by atoms with Gasteiger partial charge < -0.3 is 10.4 Å². The van der Waals surface area contributed by atoms with Gasteiger partial charge in [0.2, 0.25) is 5.91 Å². The zero-order chi connectivity index (χ0) is 15.0. The van der Waals surface area contributed by atoms with E-state index in [-0.39, 0.29) is 17.5 Å². The molecule has 1 aliphatic heterocycles. The molecule has 2 fully saturated rings. The molecule has 0 radical (unpaired) electrons. The summed E-state index contributed by atoms with van der Waals surface area (Å²) in [6, 6.07) is -0.110. The number of carbonyl (C=O) groups is 1. The van der Waals surface area contributed by atoms with Crippen molar-refractivity contribution in [2.24, 2.45) is 5.92 Å². The van der Waals surface area contributed by atoms with Crippen LogP contribution in [-0.2, 0) is 4.79 Å². The van der Waals surface area contributed by atoms with Crippen LogP contribution in [0.25, 0.3) is 0 Å². The molecule has 3 atom stereocenters. The molecule has 0 aromatic rings. The van der Waals surface area contributed by atoms with E-state index in [1.807, 2.05) is 27.7 Å². The third kappa shape index (κ3) is 3.53. The van der Waals surface area contributed by atoms with Gasteiger partial charge in [0.1, 0.15) is 0 Å². The Hall–Kier alpha value is -0.610. The fourth-order valence-corrected chi connectivity index (χ4v) is 3.59. The normalized spacial score (nSPS) is 33.4.